The van der Waals surface area contributed by atoms with Gasteiger partial charge in [-0.1, -0.05) is 12.2 Å². The smallest absolute Gasteiger partial charge is 0.341 e. The summed E-state index contributed by atoms with van der Waals surface area (Å²) in [5, 5.41) is 9.18. The van der Waals surface area contributed by atoms with Crippen LogP contribution in [0.4, 0.5) is 0 Å². The lowest BCUT2D eigenvalue weighted by Gasteiger charge is -2.06. The molecule has 0 atom stereocenters. The quantitative estimate of drug-likeness (QED) is 0.313. The molecule has 0 aliphatic carbocycles. The Morgan fingerprint density at radius 2 is 1.92 bits per heavy atom. The zero-order chi connectivity index (χ0) is 10.4. The molecule has 0 radical (unpaired) electrons. The van der Waals surface area contributed by atoms with Crippen molar-refractivity contribution in [3.05, 3.63) is 23.7 Å². The number of carbonyl (C=O) groups excluding carboxylic acids is 1. The summed E-state index contributed by atoms with van der Waals surface area (Å²) in [7, 11) is 2.51. The van der Waals surface area contributed by atoms with Crippen molar-refractivity contribution in [2.24, 2.45) is 0 Å². The minimum atomic E-state index is -0.609. The Hall–Kier alpha value is -1.45. The standard InChI is InChI=1S/C9H14O4/c1-6(2)5-7(8(10)12-3)9(11)13-4/h10H,1,5H2,2-4H3. The molecule has 0 aliphatic rings. The molecule has 0 fully saturated rings. The number of ether oxygens (including phenoxy) is 2. The zero-order valence-corrected chi connectivity index (χ0v) is 8.09. The van der Waals surface area contributed by atoms with Crippen LogP contribution in [0.15, 0.2) is 23.7 Å². The second-order valence-electron chi connectivity index (χ2n) is 2.61. The van der Waals surface area contributed by atoms with Crippen LogP contribution in [0.1, 0.15) is 13.3 Å². The van der Waals surface area contributed by atoms with Crippen molar-refractivity contribution < 1.29 is 19.4 Å². The van der Waals surface area contributed by atoms with Crippen molar-refractivity contribution in [1.29, 1.82) is 0 Å². The third-order valence-electron chi connectivity index (χ3n) is 1.36. The lowest BCUT2D eigenvalue weighted by molar-refractivity contribution is -0.136. The van der Waals surface area contributed by atoms with Crippen LogP contribution in [0.3, 0.4) is 0 Å². The summed E-state index contributed by atoms with van der Waals surface area (Å²) < 4.78 is 8.99. The molecule has 13 heavy (non-hydrogen) atoms. The van der Waals surface area contributed by atoms with Crippen LogP contribution in [0.25, 0.3) is 0 Å². The predicted molar refractivity (Wildman–Crippen MR) is 48.1 cm³/mol. The Bertz CT molecular complexity index is 240. The summed E-state index contributed by atoms with van der Waals surface area (Å²) in [6, 6.07) is 0. The summed E-state index contributed by atoms with van der Waals surface area (Å²) in [5.41, 5.74) is 0.821. The van der Waals surface area contributed by atoms with Gasteiger partial charge in [-0.25, -0.2) is 4.79 Å². The van der Waals surface area contributed by atoms with E-state index in [1.54, 1.807) is 6.92 Å². The Morgan fingerprint density at radius 3 is 2.23 bits per heavy atom. The average Bonchev–Trinajstić information content (AvgIpc) is 2.11. The molecular formula is C9H14O4. The largest absolute Gasteiger partial charge is 0.481 e. The summed E-state index contributed by atoms with van der Waals surface area (Å²) >= 11 is 0. The Kier molecular flexibility index (Phi) is 4.66. The van der Waals surface area contributed by atoms with Gasteiger partial charge in [0.15, 0.2) is 0 Å². The molecule has 0 bridgehead atoms. The molecule has 4 nitrogen and oxygen atoms in total. The fourth-order valence-corrected chi connectivity index (χ4v) is 0.783. The molecule has 1 N–H and O–H groups in total. The molecule has 0 aromatic heterocycles. The van der Waals surface area contributed by atoms with E-state index >= 15 is 0 Å². The maximum Gasteiger partial charge on any atom is 0.341 e. The Balaban J connectivity index is 4.75. The van der Waals surface area contributed by atoms with E-state index in [0.29, 0.717) is 0 Å². The molecule has 0 unspecified atom stereocenters. The minimum absolute atomic E-state index is 0.0810. The molecule has 0 heterocycles. The first-order valence-corrected chi connectivity index (χ1v) is 3.71. The highest BCUT2D eigenvalue weighted by Gasteiger charge is 2.16. The van der Waals surface area contributed by atoms with Gasteiger partial charge in [0.2, 0.25) is 0 Å². The van der Waals surface area contributed by atoms with Crippen molar-refractivity contribution in [2.45, 2.75) is 13.3 Å². The molecule has 0 aliphatic heterocycles. The van der Waals surface area contributed by atoms with E-state index in [2.05, 4.69) is 16.1 Å². The molecular weight excluding hydrogens is 172 g/mol. The van der Waals surface area contributed by atoms with Crippen LogP contribution in [0.2, 0.25) is 0 Å². The number of hydrogen-bond donors (Lipinski definition) is 1. The average molecular weight is 186 g/mol. The highest BCUT2D eigenvalue weighted by atomic mass is 16.6. The summed E-state index contributed by atoms with van der Waals surface area (Å²) in [6.07, 6.45) is 0.242. The first-order valence-electron chi connectivity index (χ1n) is 3.71. The highest BCUT2D eigenvalue weighted by Crippen LogP contribution is 2.14. The lowest BCUT2D eigenvalue weighted by atomic mass is 10.1. The van der Waals surface area contributed by atoms with Gasteiger partial charge in [-0.2, -0.15) is 0 Å². The maximum absolute atomic E-state index is 11.1. The number of allylic oxidation sites excluding steroid dienone is 1. The van der Waals surface area contributed by atoms with Gasteiger partial charge in [0.1, 0.15) is 5.57 Å². The fraction of sp³-hybridized carbons (Fsp3) is 0.444. The molecule has 0 aromatic rings. The number of methoxy groups -OCH3 is 2. The van der Waals surface area contributed by atoms with E-state index in [0.717, 1.165) is 5.57 Å². The van der Waals surface area contributed by atoms with Crippen LogP contribution in [-0.4, -0.2) is 25.3 Å². The second-order valence-corrected chi connectivity index (χ2v) is 2.61. The highest BCUT2D eigenvalue weighted by molar-refractivity contribution is 5.89. The molecule has 0 spiro atoms. The zero-order valence-electron chi connectivity index (χ0n) is 8.09. The number of rotatable bonds is 4. The number of aliphatic hydroxyl groups is 1. The molecule has 0 aromatic carbocycles. The monoisotopic (exact) mass is 186 g/mol. The van der Waals surface area contributed by atoms with E-state index < -0.39 is 11.9 Å². The van der Waals surface area contributed by atoms with Crippen LogP contribution >= 0.6 is 0 Å². The molecule has 0 amide bonds. The Morgan fingerprint density at radius 1 is 1.38 bits per heavy atom. The van der Waals surface area contributed by atoms with E-state index in [1.165, 1.54) is 14.2 Å². The van der Waals surface area contributed by atoms with Crippen LogP contribution in [-0.2, 0) is 14.3 Å². The molecule has 0 saturated heterocycles. The molecule has 4 heteroatoms. The summed E-state index contributed by atoms with van der Waals surface area (Å²) in [6.45, 7) is 5.36. The van der Waals surface area contributed by atoms with E-state index in [-0.39, 0.29) is 12.0 Å². The molecule has 0 rings (SSSR count). The van der Waals surface area contributed by atoms with Gasteiger partial charge in [0.25, 0.3) is 5.95 Å². The third kappa shape index (κ3) is 3.64. The van der Waals surface area contributed by atoms with Gasteiger partial charge in [-0.15, -0.1) is 0 Å². The van der Waals surface area contributed by atoms with Gasteiger partial charge >= 0.3 is 5.97 Å². The number of carbonyl (C=O) groups is 1. The first kappa shape index (κ1) is 11.6. The van der Waals surface area contributed by atoms with Crippen LogP contribution in [0, 0.1) is 0 Å². The SMILES string of the molecule is C=C(C)CC(C(=O)OC)=C(O)OC. The van der Waals surface area contributed by atoms with Crippen molar-refractivity contribution in [3.8, 4) is 0 Å². The number of aliphatic hydroxyl groups excluding tert-OH is 1. The van der Waals surface area contributed by atoms with Crippen molar-refractivity contribution in [3.63, 3.8) is 0 Å². The lowest BCUT2D eigenvalue weighted by Crippen LogP contribution is -2.09. The minimum Gasteiger partial charge on any atom is -0.481 e. The number of esters is 1. The first-order chi connectivity index (χ1) is 6.02. The van der Waals surface area contributed by atoms with Crippen LogP contribution < -0.4 is 0 Å². The second kappa shape index (κ2) is 5.24. The summed E-state index contributed by atoms with van der Waals surface area (Å²) in [5.74, 6) is -1.03. The number of hydrogen-bond acceptors (Lipinski definition) is 4. The third-order valence-corrected chi connectivity index (χ3v) is 1.36. The van der Waals surface area contributed by atoms with Crippen molar-refractivity contribution >= 4 is 5.97 Å². The predicted octanol–water partition coefficient (Wildman–Crippen LogP) is 1.54. The van der Waals surface area contributed by atoms with E-state index in [9.17, 15) is 9.90 Å². The molecule has 74 valence electrons. The van der Waals surface area contributed by atoms with Crippen LogP contribution in [0.5, 0.6) is 0 Å². The fourth-order valence-electron chi connectivity index (χ4n) is 0.783. The summed E-state index contributed by atoms with van der Waals surface area (Å²) in [4.78, 5) is 11.1. The maximum atomic E-state index is 11.1. The van der Waals surface area contributed by atoms with Gasteiger partial charge in [-0.05, 0) is 6.92 Å². The van der Waals surface area contributed by atoms with Gasteiger partial charge < -0.3 is 14.6 Å². The van der Waals surface area contributed by atoms with Crippen molar-refractivity contribution in [1.82, 2.24) is 0 Å². The molecule has 0 saturated carbocycles. The topological polar surface area (TPSA) is 55.8 Å². The van der Waals surface area contributed by atoms with E-state index in [4.69, 9.17) is 0 Å². The van der Waals surface area contributed by atoms with Crippen molar-refractivity contribution in [2.75, 3.05) is 14.2 Å². The van der Waals surface area contributed by atoms with Gasteiger partial charge in [0, 0.05) is 6.42 Å². The van der Waals surface area contributed by atoms with Gasteiger partial charge in [-0.3, -0.25) is 0 Å². The van der Waals surface area contributed by atoms with Gasteiger partial charge in [0.05, 0.1) is 14.2 Å². The Labute approximate surface area is 77.5 Å². The van der Waals surface area contributed by atoms with E-state index in [1.807, 2.05) is 0 Å². The normalized spacial score (nSPS) is 11.6.